The highest BCUT2D eigenvalue weighted by Gasteiger charge is 2.55. The molecule has 0 bridgehead atoms. The first-order chi connectivity index (χ1) is 8.71. The van der Waals surface area contributed by atoms with E-state index in [0.717, 1.165) is 12.3 Å². The first-order valence-corrected chi connectivity index (χ1v) is 8.04. The van der Waals surface area contributed by atoms with Crippen LogP contribution in [0.1, 0.15) is 71.1 Å². The van der Waals surface area contributed by atoms with E-state index in [1.165, 1.54) is 57.8 Å². The summed E-state index contributed by atoms with van der Waals surface area (Å²) in [6.07, 6.45) is 13.2. The fourth-order valence-corrected chi connectivity index (χ4v) is 4.52. The molecule has 0 aromatic rings. The van der Waals surface area contributed by atoms with Crippen molar-refractivity contribution >= 4 is 0 Å². The van der Waals surface area contributed by atoms with E-state index in [-0.39, 0.29) is 11.5 Å². The maximum Gasteiger partial charge on any atom is 0.0684 e. The second kappa shape index (κ2) is 5.13. The third-order valence-electron chi connectivity index (χ3n) is 5.77. The van der Waals surface area contributed by atoms with Crippen molar-refractivity contribution < 1.29 is 9.84 Å². The topological polar surface area (TPSA) is 29.5 Å². The van der Waals surface area contributed by atoms with E-state index in [0.29, 0.717) is 12.2 Å². The number of hydrogen-bond donors (Lipinski definition) is 1. The number of aliphatic hydroxyl groups excluding tert-OH is 1. The van der Waals surface area contributed by atoms with E-state index >= 15 is 0 Å². The van der Waals surface area contributed by atoms with Gasteiger partial charge in [0, 0.05) is 11.8 Å². The Morgan fingerprint density at radius 2 is 1.78 bits per heavy atom. The lowest BCUT2D eigenvalue weighted by Gasteiger charge is -2.56. The van der Waals surface area contributed by atoms with Crippen molar-refractivity contribution in [2.45, 2.75) is 89.4 Å². The lowest BCUT2D eigenvalue weighted by Crippen LogP contribution is -2.60. The standard InChI is InChI=1S/C16H28O2/c1-12-6-5-7-13(10-12)18-15-11-14(17)16(15)8-3-2-4-9-16/h12-15,17H,2-11H2,1H3. The van der Waals surface area contributed by atoms with E-state index in [1.807, 2.05) is 0 Å². The maximum absolute atomic E-state index is 10.2. The molecule has 3 aliphatic rings. The molecule has 1 N–H and O–H groups in total. The van der Waals surface area contributed by atoms with Crippen molar-refractivity contribution in [1.29, 1.82) is 0 Å². The SMILES string of the molecule is CC1CCCC(OC2CC(O)C23CCCCC3)C1. The summed E-state index contributed by atoms with van der Waals surface area (Å²) >= 11 is 0. The summed E-state index contributed by atoms with van der Waals surface area (Å²) in [6, 6.07) is 0. The monoisotopic (exact) mass is 252 g/mol. The van der Waals surface area contributed by atoms with E-state index in [4.69, 9.17) is 4.74 Å². The van der Waals surface area contributed by atoms with Crippen LogP contribution in [0.25, 0.3) is 0 Å². The van der Waals surface area contributed by atoms with Gasteiger partial charge in [0.25, 0.3) is 0 Å². The van der Waals surface area contributed by atoms with Crippen LogP contribution in [0.15, 0.2) is 0 Å². The lowest BCUT2D eigenvalue weighted by atomic mass is 9.56. The summed E-state index contributed by atoms with van der Waals surface area (Å²) < 4.78 is 6.40. The van der Waals surface area contributed by atoms with Crippen molar-refractivity contribution in [1.82, 2.24) is 0 Å². The first kappa shape index (κ1) is 12.9. The van der Waals surface area contributed by atoms with Gasteiger partial charge in [-0.05, 0) is 31.6 Å². The molecule has 0 aliphatic heterocycles. The summed E-state index contributed by atoms with van der Waals surface area (Å²) in [7, 11) is 0. The van der Waals surface area contributed by atoms with Crippen molar-refractivity contribution in [3.05, 3.63) is 0 Å². The summed E-state index contributed by atoms with van der Waals surface area (Å²) in [5.74, 6) is 0.830. The number of ether oxygens (including phenoxy) is 1. The Kier molecular flexibility index (Phi) is 3.68. The van der Waals surface area contributed by atoms with Gasteiger partial charge in [0.1, 0.15) is 0 Å². The smallest absolute Gasteiger partial charge is 0.0684 e. The van der Waals surface area contributed by atoms with Crippen LogP contribution in [0, 0.1) is 11.3 Å². The minimum Gasteiger partial charge on any atom is -0.392 e. The largest absolute Gasteiger partial charge is 0.392 e. The molecule has 0 aromatic carbocycles. The van der Waals surface area contributed by atoms with E-state index in [9.17, 15) is 5.11 Å². The zero-order chi connectivity index (χ0) is 12.6. The molecule has 4 atom stereocenters. The number of rotatable bonds is 2. The Balaban J connectivity index is 1.59. The zero-order valence-corrected chi connectivity index (χ0v) is 11.7. The van der Waals surface area contributed by atoms with Crippen molar-refractivity contribution in [3.8, 4) is 0 Å². The van der Waals surface area contributed by atoms with Gasteiger partial charge < -0.3 is 9.84 Å². The molecule has 2 heteroatoms. The molecule has 0 aromatic heterocycles. The molecule has 3 saturated carbocycles. The molecule has 0 heterocycles. The van der Waals surface area contributed by atoms with Crippen molar-refractivity contribution in [2.75, 3.05) is 0 Å². The summed E-state index contributed by atoms with van der Waals surface area (Å²) in [6.45, 7) is 2.35. The molecule has 0 amide bonds. The Bertz CT molecular complexity index is 283. The zero-order valence-electron chi connectivity index (χ0n) is 11.7. The Labute approximate surface area is 111 Å². The first-order valence-electron chi connectivity index (χ1n) is 8.04. The number of hydrogen-bond acceptors (Lipinski definition) is 2. The third-order valence-corrected chi connectivity index (χ3v) is 5.77. The molecule has 0 radical (unpaired) electrons. The van der Waals surface area contributed by atoms with Crippen molar-refractivity contribution in [2.24, 2.45) is 11.3 Å². The molecule has 3 fully saturated rings. The predicted molar refractivity (Wildman–Crippen MR) is 72.4 cm³/mol. The molecule has 18 heavy (non-hydrogen) atoms. The fraction of sp³-hybridized carbons (Fsp3) is 1.00. The molecule has 1 spiro atoms. The highest BCUT2D eigenvalue weighted by Crippen LogP contribution is 2.54. The molecule has 2 nitrogen and oxygen atoms in total. The third kappa shape index (κ3) is 2.22. The summed E-state index contributed by atoms with van der Waals surface area (Å²) in [5, 5.41) is 10.2. The van der Waals surface area contributed by atoms with Gasteiger partial charge in [0.15, 0.2) is 0 Å². The van der Waals surface area contributed by atoms with Gasteiger partial charge in [-0.25, -0.2) is 0 Å². The highest BCUT2D eigenvalue weighted by molar-refractivity contribution is 5.05. The molecule has 104 valence electrons. The summed E-state index contributed by atoms with van der Waals surface area (Å²) in [4.78, 5) is 0. The molecular weight excluding hydrogens is 224 g/mol. The Hall–Kier alpha value is -0.0800. The van der Waals surface area contributed by atoms with Crippen LogP contribution in [0.5, 0.6) is 0 Å². The van der Waals surface area contributed by atoms with E-state index in [2.05, 4.69) is 6.92 Å². The molecule has 3 aliphatic carbocycles. The molecule has 3 rings (SSSR count). The van der Waals surface area contributed by atoms with Gasteiger partial charge in [-0.15, -0.1) is 0 Å². The quantitative estimate of drug-likeness (QED) is 0.812. The van der Waals surface area contributed by atoms with Crippen LogP contribution < -0.4 is 0 Å². The van der Waals surface area contributed by atoms with Gasteiger partial charge in [-0.2, -0.15) is 0 Å². The van der Waals surface area contributed by atoms with Crippen LogP contribution >= 0.6 is 0 Å². The minimum atomic E-state index is -0.0798. The lowest BCUT2D eigenvalue weighted by molar-refractivity contribution is -0.227. The molecule has 4 unspecified atom stereocenters. The van der Waals surface area contributed by atoms with Crippen LogP contribution in [-0.2, 0) is 4.74 Å². The van der Waals surface area contributed by atoms with Gasteiger partial charge in [0.2, 0.25) is 0 Å². The van der Waals surface area contributed by atoms with Gasteiger partial charge >= 0.3 is 0 Å². The van der Waals surface area contributed by atoms with E-state index < -0.39 is 0 Å². The van der Waals surface area contributed by atoms with Crippen LogP contribution in [0.2, 0.25) is 0 Å². The van der Waals surface area contributed by atoms with Gasteiger partial charge in [0.05, 0.1) is 18.3 Å². The molecule has 0 saturated heterocycles. The number of aliphatic hydroxyl groups is 1. The fourth-order valence-electron chi connectivity index (χ4n) is 4.52. The van der Waals surface area contributed by atoms with Crippen LogP contribution in [-0.4, -0.2) is 23.4 Å². The van der Waals surface area contributed by atoms with Gasteiger partial charge in [-0.1, -0.05) is 39.0 Å². The highest BCUT2D eigenvalue weighted by atomic mass is 16.5. The van der Waals surface area contributed by atoms with Crippen LogP contribution in [0.3, 0.4) is 0 Å². The predicted octanol–water partition coefficient (Wildman–Crippen LogP) is 3.67. The maximum atomic E-state index is 10.2. The van der Waals surface area contributed by atoms with Crippen molar-refractivity contribution in [3.63, 3.8) is 0 Å². The average molecular weight is 252 g/mol. The normalized spacial score (nSPS) is 43.7. The second-order valence-electron chi connectivity index (χ2n) is 7.06. The van der Waals surface area contributed by atoms with Crippen LogP contribution in [0.4, 0.5) is 0 Å². The average Bonchev–Trinajstić information content (AvgIpc) is 2.39. The minimum absolute atomic E-state index is 0.0798. The van der Waals surface area contributed by atoms with Gasteiger partial charge in [-0.3, -0.25) is 0 Å². The van der Waals surface area contributed by atoms with E-state index in [1.54, 1.807) is 0 Å². The molecular formula is C16H28O2. The second-order valence-corrected chi connectivity index (χ2v) is 7.06. The Morgan fingerprint density at radius 1 is 1.00 bits per heavy atom. The summed E-state index contributed by atoms with van der Waals surface area (Å²) in [5.41, 5.74) is 0.152. The Morgan fingerprint density at radius 3 is 2.44 bits per heavy atom.